The van der Waals surface area contributed by atoms with Crippen LogP contribution >= 0.6 is 0 Å². The molecule has 0 fully saturated rings. The van der Waals surface area contributed by atoms with E-state index in [-0.39, 0.29) is 28.0 Å². The predicted molar refractivity (Wildman–Crippen MR) is 197 cm³/mol. The van der Waals surface area contributed by atoms with Gasteiger partial charge in [0.1, 0.15) is 53.3 Å². The molecule has 0 saturated heterocycles. The predicted octanol–water partition coefficient (Wildman–Crippen LogP) is 9.29. The standard InChI is InChI=1S/C13H14F3N3.C12H13F3N2O2.C7H5F3N2O2.C6H12O/c1-12(2,3)10-4-8(6-17-10)9-5-11(13(14,15)16)19-7-18-9;1-11(2,3)10(19)5-8(18)7-4-9(12(13,14)15)17-6-16-7;1-14-6(13)4-2-5(7(8,9)10)12-3-11-4;1-5(7)6(2,3)4/h4-5,7H,6H2,1-3H3;4-6,18H,1-3H3;2-3H,1H3;1-4H3. The van der Waals surface area contributed by atoms with Crippen LogP contribution in [0.5, 0.6) is 0 Å². The van der Waals surface area contributed by atoms with E-state index in [1.54, 1.807) is 27.7 Å². The Hall–Kier alpha value is -5.63. The molecule has 1 N–H and O–H groups in total. The summed E-state index contributed by atoms with van der Waals surface area (Å²) in [6, 6.07) is 2.08. The molecule has 0 saturated carbocycles. The number of allylic oxidation sites excluding steroid dienone is 2. The third-order valence-corrected chi connectivity index (χ3v) is 7.42. The number of nitrogens with zero attached hydrogens (tertiary/aromatic N) is 7. The smallest absolute Gasteiger partial charge is 0.433 e. The van der Waals surface area contributed by atoms with Crippen LogP contribution in [-0.4, -0.2) is 71.9 Å². The van der Waals surface area contributed by atoms with E-state index >= 15 is 0 Å². The molecule has 12 nitrogen and oxygen atoms in total. The molecule has 4 rings (SSSR count). The van der Waals surface area contributed by atoms with Gasteiger partial charge in [0.15, 0.2) is 11.5 Å². The van der Waals surface area contributed by atoms with Gasteiger partial charge < -0.3 is 9.84 Å². The lowest BCUT2D eigenvalue weighted by Gasteiger charge is -2.16. The Morgan fingerprint density at radius 1 is 0.644 bits per heavy atom. The summed E-state index contributed by atoms with van der Waals surface area (Å²) in [4.78, 5) is 57.3. The highest BCUT2D eigenvalue weighted by Gasteiger charge is 2.35. The molecule has 1 aliphatic rings. The van der Waals surface area contributed by atoms with Crippen molar-refractivity contribution < 1.29 is 63.7 Å². The van der Waals surface area contributed by atoms with Crippen LogP contribution in [0, 0.1) is 16.2 Å². The normalized spacial score (nSPS) is 13.6. The number of alkyl halides is 9. The molecule has 0 aromatic carbocycles. The number of esters is 1. The number of halogens is 9. The first kappa shape index (κ1) is 51.4. The van der Waals surface area contributed by atoms with E-state index < -0.39 is 64.2 Å². The number of rotatable bonds is 4. The number of aliphatic imine (C=N–C) groups is 1. The Labute approximate surface area is 334 Å². The van der Waals surface area contributed by atoms with E-state index in [1.165, 1.54) is 0 Å². The fourth-order valence-corrected chi connectivity index (χ4v) is 3.52. The van der Waals surface area contributed by atoms with Crippen LogP contribution in [0.2, 0.25) is 0 Å². The maximum Gasteiger partial charge on any atom is 0.433 e. The zero-order valence-corrected chi connectivity index (χ0v) is 33.9. The molecule has 0 bridgehead atoms. The van der Waals surface area contributed by atoms with E-state index in [4.69, 9.17) is 0 Å². The van der Waals surface area contributed by atoms with E-state index in [1.807, 2.05) is 47.6 Å². The van der Waals surface area contributed by atoms with Gasteiger partial charge in [0.05, 0.1) is 19.3 Å². The first-order valence-electron chi connectivity index (χ1n) is 17.1. The fourth-order valence-electron chi connectivity index (χ4n) is 3.52. The summed E-state index contributed by atoms with van der Waals surface area (Å²) in [6.07, 6.45) is -8.72. The highest BCUT2D eigenvalue weighted by atomic mass is 19.4. The van der Waals surface area contributed by atoms with Crippen molar-refractivity contribution in [1.29, 1.82) is 0 Å². The van der Waals surface area contributed by atoms with E-state index in [2.05, 4.69) is 39.6 Å². The van der Waals surface area contributed by atoms with Crippen LogP contribution in [0.1, 0.15) is 108 Å². The number of carbonyl (C=O) groups is 3. The summed E-state index contributed by atoms with van der Waals surface area (Å²) in [5.41, 5.74) is -3.21. The van der Waals surface area contributed by atoms with Gasteiger partial charge >= 0.3 is 24.5 Å². The first-order valence-corrected chi connectivity index (χ1v) is 17.1. The van der Waals surface area contributed by atoms with Gasteiger partial charge in [-0.25, -0.2) is 34.7 Å². The summed E-state index contributed by atoms with van der Waals surface area (Å²) < 4.78 is 116. The topological polar surface area (TPSA) is 170 Å². The second-order valence-corrected chi connectivity index (χ2v) is 15.4. The Morgan fingerprint density at radius 2 is 1.05 bits per heavy atom. The Kier molecular flexibility index (Phi) is 17.3. The monoisotopic (exact) mass is 849 g/mol. The molecule has 21 heteroatoms. The van der Waals surface area contributed by atoms with Crippen molar-refractivity contribution in [3.63, 3.8) is 0 Å². The lowest BCUT2D eigenvalue weighted by atomic mass is 9.89. The summed E-state index contributed by atoms with van der Waals surface area (Å²) in [7, 11) is 1.05. The van der Waals surface area contributed by atoms with Crippen molar-refractivity contribution >= 4 is 34.6 Å². The van der Waals surface area contributed by atoms with Crippen molar-refractivity contribution in [2.45, 2.75) is 87.8 Å². The summed E-state index contributed by atoms with van der Waals surface area (Å²) >= 11 is 0. The zero-order valence-electron chi connectivity index (χ0n) is 33.9. The number of ketones is 2. The molecule has 59 heavy (non-hydrogen) atoms. The van der Waals surface area contributed by atoms with Gasteiger partial charge in [-0.1, -0.05) is 62.3 Å². The molecule has 324 valence electrons. The van der Waals surface area contributed by atoms with Crippen molar-refractivity contribution in [3.8, 4) is 0 Å². The van der Waals surface area contributed by atoms with Crippen LogP contribution in [0.25, 0.3) is 11.3 Å². The highest BCUT2D eigenvalue weighted by Crippen LogP contribution is 2.32. The third kappa shape index (κ3) is 17.4. The first-order chi connectivity index (χ1) is 26.6. The summed E-state index contributed by atoms with van der Waals surface area (Å²) in [6.45, 7) is 18.6. The molecule has 0 unspecified atom stereocenters. The molecule has 0 spiro atoms. The SMILES string of the molecule is CC(=O)C(C)(C)C.CC(C)(C)C(=O)C=C(O)c1cc(C(F)(F)F)ncn1.CC(C)(C)C1=NCC(c2cc(C(F)(F)F)ncn2)=C1.COC(=O)c1cc(C(F)(F)F)ncn1. The Morgan fingerprint density at radius 3 is 1.42 bits per heavy atom. The lowest BCUT2D eigenvalue weighted by molar-refractivity contribution is -0.142. The summed E-state index contributed by atoms with van der Waals surface area (Å²) in [5, 5.41) is 9.63. The number of carbonyl (C=O) groups excluding carboxylic acids is 3. The van der Waals surface area contributed by atoms with Gasteiger partial charge in [-0.3, -0.25) is 14.6 Å². The molecular weight excluding hydrogens is 805 g/mol. The average molecular weight is 850 g/mol. The van der Waals surface area contributed by atoms with E-state index in [9.17, 15) is 59.0 Å². The number of methoxy groups -OCH3 is 1. The summed E-state index contributed by atoms with van der Waals surface area (Å²) in [5.74, 6) is -1.73. The minimum Gasteiger partial charge on any atom is -0.506 e. The number of ether oxygens (including phenoxy) is 1. The average Bonchev–Trinajstić information content (AvgIpc) is 3.62. The van der Waals surface area contributed by atoms with Crippen molar-refractivity contribution in [3.05, 3.63) is 83.5 Å². The Balaban J connectivity index is 0.000000413. The quantitative estimate of drug-likeness (QED) is 0.115. The maximum atomic E-state index is 12.6. The van der Waals surface area contributed by atoms with Crippen LogP contribution in [0.3, 0.4) is 0 Å². The number of aliphatic hydroxyl groups excluding tert-OH is 1. The maximum absolute atomic E-state index is 12.6. The van der Waals surface area contributed by atoms with Crippen molar-refractivity contribution in [2.24, 2.45) is 21.2 Å². The molecule has 4 heterocycles. The van der Waals surface area contributed by atoms with E-state index in [0.29, 0.717) is 36.9 Å². The van der Waals surface area contributed by atoms with Gasteiger partial charge in [-0.05, 0) is 25.1 Å². The largest absolute Gasteiger partial charge is 0.506 e. The minimum absolute atomic E-state index is 0.123. The Bertz CT molecular complexity index is 1980. The van der Waals surface area contributed by atoms with Gasteiger partial charge in [0.25, 0.3) is 0 Å². The molecule has 0 amide bonds. The number of hydrogen-bond acceptors (Lipinski definition) is 12. The molecule has 3 aromatic heterocycles. The second kappa shape index (κ2) is 19.9. The van der Waals surface area contributed by atoms with Crippen molar-refractivity contribution in [2.75, 3.05) is 13.7 Å². The van der Waals surface area contributed by atoms with Crippen LogP contribution in [0.4, 0.5) is 39.5 Å². The second-order valence-electron chi connectivity index (χ2n) is 15.4. The fraction of sp³-hybridized carbons (Fsp3) is 0.474. The molecule has 0 radical (unpaired) electrons. The van der Waals surface area contributed by atoms with Gasteiger partial charge in [-0.2, -0.15) is 39.5 Å². The molecular formula is C38H44F9N7O5. The zero-order chi connectivity index (χ0) is 45.9. The molecule has 0 atom stereocenters. The minimum atomic E-state index is -4.63. The van der Waals surface area contributed by atoms with Gasteiger partial charge in [-0.15, -0.1) is 0 Å². The highest BCUT2D eigenvalue weighted by molar-refractivity contribution is 6.07. The number of aliphatic hydroxyl groups is 1. The third-order valence-electron chi connectivity index (χ3n) is 7.42. The number of Topliss-reactive ketones (excluding diaryl/α,β-unsaturated/α-hetero) is 1. The lowest BCUT2D eigenvalue weighted by Crippen LogP contribution is -2.18. The number of hydrogen-bond donors (Lipinski definition) is 1. The van der Waals surface area contributed by atoms with Gasteiger partial charge in [0, 0.05) is 39.7 Å². The van der Waals surface area contributed by atoms with E-state index in [0.717, 1.165) is 31.3 Å². The van der Waals surface area contributed by atoms with Gasteiger partial charge in [0.2, 0.25) is 0 Å². The van der Waals surface area contributed by atoms with Crippen LogP contribution in [0.15, 0.2) is 54.3 Å². The van der Waals surface area contributed by atoms with Crippen LogP contribution in [-0.2, 0) is 32.9 Å². The molecule has 1 aliphatic heterocycles. The molecule has 3 aromatic rings. The number of aromatic nitrogens is 6. The van der Waals surface area contributed by atoms with Crippen molar-refractivity contribution in [1.82, 2.24) is 29.9 Å². The molecule has 0 aliphatic carbocycles. The van der Waals surface area contributed by atoms with Crippen LogP contribution < -0.4 is 0 Å².